The van der Waals surface area contributed by atoms with Crippen LogP contribution in [0.1, 0.15) is 12.5 Å². The Morgan fingerprint density at radius 1 is 1.47 bits per heavy atom. The first-order valence-corrected chi connectivity index (χ1v) is 4.56. The monoisotopic (exact) mass is 205 g/mol. The molecule has 2 rings (SSSR count). The molecule has 0 saturated carbocycles. The van der Waals surface area contributed by atoms with E-state index in [1.807, 2.05) is 0 Å². The standard InChI is InChI=1S/C10H11N3O2/c1-10(7-4-3-5-11-6-7)8(14)13(2)9(15)12-10/h3-6H,1-2H3,(H,12,15)/t10-/m1/s1. The van der Waals surface area contributed by atoms with Gasteiger partial charge in [-0.15, -0.1) is 0 Å². The molecule has 0 aromatic carbocycles. The molecule has 1 aromatic rings. The summed E-state index contributed by atoms with van der Waals surface area (Å²) in [4.78, 5) is 28.2. The summed E-state index contributed by atoms with van der Waals surface area (Å²) in [6, 6.07) is 3.12. The molecule has 1 N–H and O–H groups in total. The number of rotatable bonds is 1. The molecule has 1 saturated heterocycles. The Balaban J connectivity index is 2.45. The molecule has 15 heavy (non-hydrogen) atoms. The van der Waals surface area contributed by atoms with Crippen molar-refractivity contribution in [2.75, 3.05) is 7.05 Å². The molecule has 2 heterocycles. The van der Waals surface area contributed by atoms with Crippen LogP contribution in [0.15, 0.2) is 24.5 Å². The van der Waals surface area contributed by atoms with Crippen LogP contribution < -0.4 is 5.32 Å². The van der Waals surface area contributed by atoms with Crippen molar-refractivity contribution in [2.24, 2.45) is 0 Å². The Morgan fingerprint density at radius 3 is 2.67 bits per heavy atom. The van der Waals surface area contributed by atoms with Gasteiger partial charge >= 0.3 is 6.03 Å². The van der Waals surface area contributed by atoms with E-state index in [9.17, 15) is 9.59 Å². The van der Waals surface area contributed by atoms with Crippen molar-refractivity contribution in [3.63, 3.8) is 0 Å². The van der Waals surface area contributed by atoms with E-state index < -0.39 is 5.54 Å². The van der Waals surface area contributed by atoms with Gasteiger partial charge in [0.1, 0.15) is 5.54 Å². The van der Waals surface area contributed by atoms with Crippen LogP contribution in [-0.2, 0) is 10.3 Å². The maximum absolute atomic E-state index is 11.9. The van der Waals surface area contributed by atoms with E-state index in [0.717, 1.165) is 4.90 Å². The molecule has 1 aliphatic heterocycles. The zero-order valence-electron chi connectivity index (χ0n) is 8.52. The number of hydrogen-bond acceptors (Lipinski definition) is 3. The Labute approximate surface area is 87.1 Å². The fourth-order valence-electron chi connectivity index (χ4n) is 1.63. The molecule has 1 aromatic heterocycles. The molecule has 1 fully saturated rings. The second kappa shape index (κ2) is 3.05. The van der Waals surface area contributed by atoms with E-state index in [2.05, 4.69) is 10.3 Å². The highest BCUT2D eigenvalue weighted by atomic mass is 16.2. The summed E-state index contributed by atoms with van der Waals surface area (Å²) < 4.78 is 0. The van der Waals surface area contributed by atoms with Gasteiger partial charge in [-0.05, 0) is 13.0 Å². The van der Waals surface area contributed by atoms with E-state index in [1.165, 1.54) is 7.05 Å². The normalized spacial score (nSPS) is 25.6. The number of carbonyl (C=O) groups excluding carboxylic acids is 2. The lowest BCUT2D eigenvalue weighted by Gasteiger charge is -2.20. The summed E-state index contributed by atoms with van der Waals surface area (Å²) in [7, 11) is 1.46. The molecule has 0 spiro atoms. The number of imide groups is 1. The van der Waals surface area contributed by atoms with Crippen LogP contribution in [0.2, 0.25) is 0 Å². The third kappa shape index (κ3) is 1.27. The first kappa shape index (κ1) is 9.64. The largest absolute Gasteiger partial charge is 0.325 e. The molecule has 1 aliphatic rings. The fraction of sp³-hybridized carbons (Fsp3) is 0.300. The second-order valence-corrected chi connectivity index (χ2v) is 3.66. The molecule has 78 valence electrons. The predicted molar refractivity (Wildman–Crippen MR) is 52.9 cm³/mol. The molecule has 5 heteroatoms. The third-order valence-electron chi connectivity index (χ3n) is 2.63. The molecule has 1 atom stereocenters. The van der Waals surface area contributed by atoms with Crippen LogP contribution in [0, 0.1) is 0 Å². The van der Waals surface area contributed by atoms with E-state index >= 15 is 0 Å². The van der Waals surface area contributed by atoms with Gasteiger partial charge < -0.3 is 5.32 Å². The Morgan fingerprint density at radius 2 is 2.20 bits per heavy atom. The molecular formula is C10H11N3O2. The summed E-state index contributed by atoms with van der Waals surface area (Å²) >= 11 is 0. The fourth-order valence-corrected chi connectivity index (χ4v) is 1.63. The van der Waals surface area contributed by atoms with Crippen molar-refractivity contribution >= 4 is 11.9 Å². The lowest BCUT2D eigenvalue weighted by Crippen LogP contribution is -2.40. The molecule has 0 unspecified atom stereocenters. The Bertz CT molecular complexity index is 418. The van der Waals surface area contributed by atoms with E-state index in [0.29, 0.717) is 5.56 Å². The number of hydrogen-bond donors (Lipinski definition) is 1. The number of nitrogens with zero attached hydrogens (tertiary/aromatic N) is 2. The average Bonchev–Trinajstić information content (AvgIpc) is 2.45. The predicted octanol–water partition coefficient (Wildman–Crippen LogP) is 0.478. The number of aromatic nitrogens is 1. The van der Waals surface area contributed by atoms with Crippen LogP contribution in [-0.4, -0.2) is 28.9 Å². The van der Waals surface area contributed by atoms with Gasteiger partial charge in [-0.25, -0.2) is 4.79 Å². The van der Waals surface area contributed by atoms with E-state index in [-0.39, 0.29) is 11.9 Å². The Hall–Kier alpha value is -1.91. The number of amides is 3. The minimum Gasteiger partial charge on any atom is -0.319 e. The van der Waals surface area contributed by atoms with Crippen LogP contribution in [0.3, 0.4) is 0 Å². The molecule has 0 aliphatic carbocycles. The zero-order valence-corrected chi connectivity index (χ0v) is 8.52. The second-order valence-electron chi connectivity index (χ2n) is 3.66. The van der Waals surface area contributed by atoms with Gasteiger partial charge in [0.05, 0.1) is 0 Å². The summed E-state index contributed by atoms with van der Waals surface area (Å²) in [6.07, 6.45) is 3.20. The van der Waals surface area contributed by atoms with Crippen LogP contribution in [0.25, 0.3) is 0 Å². The molecule has 3 amide bonds. The van der Waals surface area contributed by atoms with Crippen molar-refractivity contribution in [1.29, 1.82) is 0 Å². The smallest absolute Gasteiger partial charge is 0.319 e. The van der Waals surface area contributed by atoms with Crippen LogP contribution >= 0.6 is 0 Å². The van der Waals surface area contributed by atoms with Gasteiger partial charge in [0, 0.05) is 25.0 Å². The van der Waals surface area contributed by atoms with Crippen LogP contribution in [0.4, 0.5) is 4.79 Å². The quantitative estimate of drug-likeness (QED) is 0.678. The number of nitrogens with one attached hydrogen (secondary N) is 1. The number of carbonyl (C=O) groups is 2. The lowest BCUT2D eigenvalue weighted by molar-refractivity contribution is -0.130. The van der Waals surface area contributed by atoms with Crippen molar-refractivity contribution in [3.8, 4) is 0 Å². The minimum atomic E-state index is -0.986. The van der Waals surface area contributed by atoms with Gasteiger partial charge in [0.2, 0.25) is 0 Å². The molecule has 0 bridgehead atoms. The highest BCUT2D eigenvalue weighted by Gasteiger charge is 2.47. The number of pyridine rings is 1. The third-order valence-corrected chi connectivity index (χ3v) is 2.63. The lowest BCUT2D eigenvalue weighted by atomic mass is 9.94. The maximum atomic E-state index is 11.9. The first-order valence-electron chi connectivity index (χ1n) is 4.56. The van der Waals surface area contributed by atoms with Crippen molar-refractivity contribution in [2.45, 2.75) is 12.5 Å². The maximum Gasteiger partial charge on any atom is 0.325 e. The molecule has 0 radical (unpaired) electrons. The zero-order chi connectivity index (χ0) is 11.1. The van der Waals surface area contributed by atoms with Gasteiger partial charge in [-0.1, -0.05) is 6.07 Å². The van der Waals surface area contributed by atoms with E-state index in [4.69, 9.17) is 0 Å². The SMILES string of the molecule is CN1C(=O)N[C@](C)(c2cccnc2)C1=O. The molecule has 5 nitrogen and oxygen atoms in total. The molecular weight excluding hydrogens is 194 g/mol. The minimum absolute atomic E-state index is 0.263. The topological polar surface area (TPSA) is 62.3 Å². The van der Waals surface area contributed by atoms with Gasteiger partial charge in [0.25, 0.3) is 5.91 Å². The van der Waals surface area contributed by atoms with E-state index in [1.54, 1.807) is 31.5 Å². The van der Waals surface area contributed by atoms with Gasteiger partial charge in [-0.3, -0.25) is 14.7 Å². The summed E-state index contributed by atoms with van der Waals surface area (Å²) in [6.45, 7) is 1.67. The summed E-state index contributed by atoms with van der Waals surface area (Å²) in [5.41, 5.74) is -0.298. The van der Waals surface area contributed by atoms with Crippen molar-refractivity contribution in [3.05, 3.63) is 30.1 Å². The van der Waals surface area contributed by atoms with Crippen molar-refractivity contribution < 1.29 is 9.59 Å². The number of likely N-dealkylation sites (N-methyl/N-ethyl adjacent to an activating group) is 1. The summed E-state index contributed by atoms with van der Waals surface area (Å²) in [5.74, 6) is -0.263. The van der Waals surface area contributed by atoms with Crippen LogP contribution in [0.5, 0.6) is 0 Å². The average molecular weight is 205 g/mol. The summed E-state index contributed by atoms with van der Waals surface area (Å²) in [5, 5.41) is 2.64. The van der Waals surface area contributed by atoms with Crippen molar-refractivity contribution in [1.82, 2.24) is 15.2 Å². The highest BCUT2D eigenvalue weighted by Crippen LogP contribution is 2.26. The number of urea groups is 1. The van der Waals surface area contributed by atoms with Gasteiger partial charge in [-0.2, -0.15) is 0 Å². The Kier molecular flexibility index (Phi) is 1.96. The van der Waals surface area contributed by atoms with Gasteiger partial charge in [0.15, 0.2) is 0 Å². The first-order chi connectivity index (χ1) is 7.05. The highest BCUT2D eigenvalue weighted by molar-refractivity contribution is 6.06.